The molecular weight excluding hydrogens is 543 g/mol. The molecule has 6 heteroatoms. The lowest BCUT2D eigenvalue weighted by atomic mass is 9.86. The van der Waals surface area contributed by atoms with Crippen LogP contribution in [0.5, 0.6) is 28.7 Å². The summed E-state index contributed by atoms with van der Waals surface area (Å²) in [5.41, 5.74) is 8.58. The molecule has 1 aliphatic rings. The molecule has 0 fully saturated rings. The monoisotopic (exact) mass is 584 g/mol. The fraction of sp³-hybridized carbons (Fsp3) is 0.333. The van der Waals surface area contributed by atoms with E-state index < -0.39 is 7.92 Å². The Kier molecular flexibility index (Phi) is 8.18. The van der Waals surface area contributed by atoms with Crippen molar-refractivity contribution >= 4 is 13.2 Å². The molecule has 0 saturated carbocycles. The van der Waals surface area contributed by atoms with Gasteiger partial charge in [-0.3, -0.25) is 0 Å². The average Bonchev–Trinajstić information content (AvgIpc) is 3.32. The predicted molar refractivity (Wildman–Crippen MR) is 175 cm³/mol. The second-order valence-corrected chi connectivity index (χ2v) is 15.0. The molecule has 1 heterocycles. The van der Waals surface area contributed by atoms with Gasteiger partial charge in [-0.05, 0) is 104 Å². The molecule has 0 spiro atoms. The lowest BCUT2D eigenvalue weighted by Gasteiger charge is -2.31. The Balaban J connectivity index is 1.91. The summed E-state index contributed by atoms with van der Waals surface area (Å²) < 4.78 is 29.8. The molecule has 0 aliphatic carbocycles. The molecule has 220 valence electrons. The highest BCUT2D eigenvalue weighted by atomic mass is 31.1. The number of rotatable bonds is 7. The van der Waals surface area contributed by atoms with Crippen LogP contribution in [0.25, 0.3) is 33.4 Å². The van der Waals surface area contributed by atoms with E-state index in [2.05, 4.69) is 84.0 Å². The minimum atomic E-state index is -0.632. The predicted octanol–water partition coefficient (Wildman–Crippen LogP) is 8.98. The molecule has 5 nitrogen and oxygen atoms in total. The molecule has 5 rings (SSSR count). The van der Waals surface area contributed by atoms with Gasteiger partial charge in [0.15, 0.2) is 0 Å². The zero-order valence-electron chi connectivity index (χ0n) is 26.3. The van der Waals surface area contributed by atoms with Gasteiger partial charge >= 0.3 is 0 Å². The van der Waals surface area contributed by atoms with Crippen LogP contribution in [-0.2, 0) is 0 Å². The Hall–Kier alpha value is -3.69. The van der Waals surface area contributed by atoms with Crippen molar-refractivity contribution in [3.8, 4) is 62.1 Å². The Bertz CT molecular complexity index is 1610. The molecule has 0 radical (unpaired) electrons. The second-order valence-electron chi connectivity index (χ2n) is 11.8. The number of methoxy groups -OCH3 is 4. The first-order valence-corrected chi connectivity index (χ1v) is 15.6. The highest BCUT2D eigenvalue weighted by Crippen LogP contribution is 2.61. The number of benzene rings is 4. The highest BCUT2D eigenvalue weighted by molar-refractivity contribution is 7.68. The van der Waals surface area contributed by atoms with E-state index in [4.69, 9.17) is 23.7 Å². The van der Waals surface area contributed by atoms with E-state index in [9.17, 15) is 0 Å². The molecule has 1 aliphatic heterocycles. The maximum Gasteiger partial charge on any atom is 0.134 e. The minimum absolute atomic E-state index is 0.0573. The zero-order chi connectivity index (χ0) is 30.3. The number of hydrogen-bond acceptors (Lipinski definition) is 5. The van der Waals surface area contributed by atoms with Crippen LogP contribution in [0.4, 0.5) is 0 Å². The van der Waals surface area contributed by atoms with Gasteiger partial charge in [0.05, 0.1) is 28.4 Å². The summed E-state index contributed by atoms with van der Waals surface area (Å²) in [7, 11) is 6.17. The Morgan fingerprint density at radius 3 is 1.86 bits per heavy atom. The summed E-state index contributed by atoms with van der Waals surface area (Å²) in [6.45, 7) is 13.4. The van der Waals surface area contributed by atoms with Crippen molar-refractivity contribution in [3.63, 3.8) is 0 Å². The molecule has 0 aromatic heterocycles. The van der Waals surface area contributed by atoms with Gasteiger partial charge in [-0.25, -0.2) is 0 Å². The minimum Gasteiger partial charge on any atom is -0.497 e. The molecule has 0 saturated heterocycles. The van der Waals surface area contributed by atoms with E-state index in [1.54, 1.807) is 28.4 Å². The van der Waals surface area contributed by atoms with Crippen LogP contribution in [0, 0.1) is 13.8 Å². The number of aryl methyl sites for hydroxylation is 1. The van der Waals surface area contributed by atoms with Crippen molar-refractivity contribution in [3.05, 3.63) is 71.8 Å². The molecule has 2 atom stereocenters. The standard InChI is InChI=1S/C36H41O5P/c1-21-14-24(16-26(15-21)37-7)30-20-31(25-17-27(38-8)19-28(18-25)39-9)34(40-10)33(22(30)2)29-12-11-13-32-35(29)42(23(3)41-32)36(4,5)6/h11-20,23H,1-10H3/t23-,42+/m0/s1. The first-order valence-electron chi connectivity index (χ1n) is 14.2. The lowest BCUT2D eigenvalue weighted by molar-refractivity contribution is 0.313. The van der Waals surface area contributed by atoms with E-state index in [0.29, 0.717) is 11.5 Å². The van der Waals surface area contributed by atoms with Gasteiger partial charge in [0.25, 0.3) is 0 Å². The van der Waals surface area contributed by atoms with Crippen molar-refractivity contribution in [2.24, 2.45) is 0 Å². The van der Waals surface area contributed by atoms with Gasteiger partial charge in [-0.2, -0.15) is 0 Å². The first-order chi connectivity index (χ1) is 20.0. The van der Waals surface area contributed by atoms with E-state index in [1.807, 2.05) is 18.2 Å². The summed E-state index contributed by atoms with van der Waals surface area (Å²) >= 11 is 0. The lowest BCUT2D eigenvalue weighted by Crippen LogP contribution is -2.23. The van der Waals surface area contributed by atoms with Crippen LogP contribution in [0.2, 0.25) is 0 Å². The van der Waals surface area contributed by atoms with Crippen LogP contribution < -0.4 is 29.0 Å². The summed E-state index contributed by atoms with van der Waals surface area (Å²) in [6, 6.07) is 21.0. The molecule has 0 amide bonds. The smallest absolute Gasteiger partial charge is 0.134 e. The van der Waals surface area contributed by atoms with Crippen LogP contribution in [0.3, 0.4) is 0 Å². The van der Waals surface area contributed by atoms with Crippen molar-refractivity contribution in [1.29, 1.82) is 0 Å². The van der Waals surface area contributed by atoms with E-state index >= 15 is 0 Å². The number of ether oxygens (including phenoxy) is 5. The zero-order valence-corrected chi connectivity index (χ0v) is 27.2. The summed E-state index contributed by atoms with van der Waals surface area (Å²) in [5.74, 6) is 4.15. The molecule has 4 aromatic rings. The largest absolute Gasteiger partial charge is 0.497 e. The van der Waals surface area contributed by atoms with Gasteiger partial charge < -0.3 is 23.7 Å². The Morgan fingerprint density at radius 1 is 0.690 bits per heavy atom. The van der Waals surface area contributed by atoms with Gasteiger partial charge in [0, 0.05) is 22.5 Å². The van der Waals surface area contributed by atoms with Crippen LogP contribution in [0.1, 0.15) is 38.8 Å². The summed E-state index contributed by atoms with van der Waals surface area (Å²) in [6.07, 6.45) is 0. The van der Waals surface area contributed by atoms with Crippen molar-refractivity contribution < 1.29 is 23.7 Å². The molecule has 0 unspecified atom stereocenters. The molecule has 4 aromatic carbocycles. The average molecular weight is 585 g/mol. The topological polar surface area (TPSA) is 46.2 Å². The molecular formula is C36H41O5P. The molecule has 42 heavy (non-hydrogen) atoms. The van der Waals surface area contributed by atoms with E-state index in [-0.39, 0.29) is 11.0 Å². The van der Waals surface area contributed by atoms with E-state index in [1.165, 1.54) is 5.30 Å². The van der Waals surface area contributed by atoms with Gasteiger partial charge in [0.1, 0.15) is 34.6 Å². The molecule has 0 bridgehead atoms. The van der Waals surface area contributed by atoms with Gasteiger partial charge in [0.2, 0.25) is 0 Å². The molecule has 0 N–H and O–H groups in total. The third-order valence-electron chi connectivity index (χ3n) is 7.90. The third-order valence-corrected chi connectivity index (χ3v) is 11.1. The van der Waals surface area contributed by atoms with Crippen LogP contribution >= 0.6 is 7.92 Å². The second kappa shape index (κ2) is 11.5. The SMILES string of the molecule is COc1cc(C)cc(-c2cc(-c3cc(OC)cc(OC)c3)c(OC)c(-c3cccc4c3[P@](C(C)(C)C)[C@@H](C)O4)c2C)c1. The normalized spacial score (nSPS) is 16.0. The number of hydrogen-bond donors (Lipinski definition) is 0. The Labute approximate surface area is 251 Å². The Morgan fingerprint density at radius 2 is 1.29 bits per heavy atom. The fourth-order valence-electron chi connectivity index (χ4n) is 6.16. The first kappa shape index (κ1) is 29.8. The summed E-state index contributed by atoms with van der Waals surface area (Å²) in [4.78, 5) is 0. The highest BCUT2D eigenvalue weighted by Gasteiger charge is 2.41. The van der Waals surface area contributed by atoms with Gasteiger partial charge in [-0.1, -0.05) is 39.0 Å². The maximum absolute atomic E-state index is 6.50. The van der Waals surface area contributed by atoms with Crippen LogP contribution in [0.15, 0.2) is 60.7 Å². The fourth-order valence-corrected chi connectivity index (χ4v) is 9.31. The van der Waals surface area contributed by atoms with Crippen molar-refractivity contribution in [1.82, 2.24) is 0 Å². The summed E-state index contributed by atoms with van der Waals surface area (Å²) in [5, 5.41) is 1.35. The van der Waals surface area contributed by atoms with E-state index in [0.717, 1.165) is 61.8 Å². The quantitative estimate of drug-likeness (QED) is 0.203. The van der Waals surface area contributed by atoms with Crippen LogP contribution in [-0.4, -0.2) is 39.4 Å². The third kappa shape index (κ3) is 5.31. The van der Waals surface area contributed by atoms with Crippen molar-refractivity contribution in [2.45, 2.75) is 52.5 Å². The number of fused-ring (bicyclic) bond motifs is 1. The van der Waals surface area contributed by atoms with Crippen molar-refractivity contribution in [2.75, 3.05) is 28.4 Å². The van der Waals surface area contributed by atoms with Gasteiger partial charge in [-0.15, -0.1) is 0 Å². The maximum atomic E-state index is 6.50.